The average molecular weight is 196 g/mol. The van der Waals surface area contributed by atoms with Crippen molar-refractivity contribution in [2.75, 3.05) is 26.2 Å². The van der Waals surface area contributed by atoms with E-state index < -0.39 is 0 Å². The Morgan fingerprint density at radius 2 is 2.50 bits per heavy atom. The number of likely N-dealkylation sites (tertiary alicyclic amines) is 1. The minimum atomic E-state index is 0.00938. The third kappa shape index (κ3) is 2.72. The van der Waals surface area contributed by atoms with E-state index in [1.807, 2.05) is 0 Å². The monoisotopic (exact) mass is 196 g/mol. The van der Waals surface area contributed by atoms with E-state index in [4.69, 9.17) is 11.5 Å². The van der Waals surface area contributed by atoms with Gasteiger partial charge in [-0.05, 0) is 12.8 Å². The van der Waals surface area contributed by atoms with Crippen LogP contribution in [0, 0.1) is 12.3 Å². The second-order valence-corrected chi connectivity index (χ2v) is 3.37. The maximum atomic E-state index is 11.6. The van der Waals surface area contributed by atoms with Gasteiger partial charge in [-0.1, -0.05) is 5.92 Å². The van der Waals surface area contributed by atoms with Crippen LogP contribution in [0.5, 0.6) is 0 Å². The highest BCUT2D eigenvalue weighted by Gasteiger charge is 2.27. The van der Waals surface area contributed by atoms with Crippen LogP contribution in [0.15, 0.2) is 0 Å². The molecular formula is C10H16N2O2. The Balaban J connectivity index is 2.32. The molecule has 0 aromatic rings. The van der Waals surface area contributed by atoms with Gasteiger partial charge in [0, 0.05) is 6.54 Å². The third-order valence-corrected chi connectivity index (χ3v) is 2.41. The van der Waals surface area contributed by atoms with Crippen molar-refractivity contribution >= 4 is 5.91 Å². The number of carbonyl (C=O) groups is 1. The SMILES string of the molecule is C#CCNCC(=O)N1CCCC1CO. The lowest BCUT2D eigenvalue weighted by molar-refractivity contribution is -0.131. The van der Waals surface area contributed by atoms with Crippen LogP contribution in [-0.4, -0.2) is 48.2 Å². The van der Waals surface area contributed by atoms with E-state index >= 15 is 0 Å². The molecule has 1 rings (SSSR count). The van der Waals surface area contributed by atoms with Gasteiger partial charge >= 0.3 is 0 Å². The molecule has 0 aromatic heterocycles. The van der Waals surface area contributed by atoms with Crippen molar-refractivity contribution in [3.63, 3.8) is 0 Å². The fraction of sp³-hybridized carbons (Fsp3) is 0.700. The molecule has 1 unspecified atom stereocenters. The Labute approximate surface area is 84.3 Å². The summed E-state index contributed by atoms with van der Waals surface area (Å²) in [6, 6.07) is 0.00938. The van der Waals surface area contributed by atoms with Crippen LogP contribution in [0.1, 0.15) is 12.8 Å². The number of aliphatic hydroxyl groups excluding tert-OH is 1. The van der Waals surface area contributed by atoms with Gasteiger partial charge in [0.15, 0.2) is 0 Å². The Morgan fingerprint density at radius 1 is 1.71 bits per heavy atom. The van der Waals surface area contributed by atoms with Gasteiger partial charge in [0.05, 0.1) is 25.7 Å². The number of aliphatic hydroxyl groups is 1. The van der Waals surface area contributed by atoms with E-state index in [1.165, 1.54) is 0 Å². The normalized spacial score (nSPS) is 20.9. The molecule has 0 aliphatic carbocycles. The average Bonchev–Trinajstić information content (AvgIpc) is 2.65. The molecule has 2 N–H and O–H groups in total. The quantitative estimate of drug-likeness (QED) is 0.457. The number of terminal acetylenes is 1. The van der Waals surface area contributed by atoms with E-state index in [9.17, 15) is 4.79 Å². The molecule has 1 fully saturated rings. The Bertz CT molecular complexity index is 235. The second-order valence-electron chi connectivity index (χ2n) is 3.37. The van der Waals surface area contributed by atoms with Crippen LogP contribution in [0.4, 0.5) is 0 Å². The Hall–Kier alpha value is -1.05. The lowest BCUT2D eigenvalue weighted by Crippen LogP contribution is -2.42. The molecule has 1 atom stereocenters. The van der Waals surface area contributed by atoms with Crippen molar-refractivity contribution in [2.24, 2.45) is 0 Å². The molecule has 0 bridgehead atoms. The van der Waals surface area contributed by atoms with Crippen LogP contribution >= 0.6 is 0 Å². The van der Waals surface area contributed by atoms with Crippen LogP contribution in [0.25, 0.3) is 0 Å². The molecule has 1 aliphatic heterocycles. The molecule has 0 spiro atoms. The molecule has 1 amide bonds. The summed E-state index contributed by atoms with van der Waals surface area (Å²) in [5.41, 5.74) is 0. The molecule has 4 heteroatoms. The maximum Gasteiger partial charge on any atom is 0.236 e. The predicted molar refractivity (Wildman–Crippen MR) is 53.5 cm³/mol. The first kappa shape index (κ1) is 11.0. The Kier molecular flexibility index (Phi) is 4.44. The maximum absolute atomic E-state index is 11.6. The summed E-state index contributed by atoms with van der Waals surface area (Å²) in [5, 5.41) is 11.9. The highest BCUT2D eigenvalue weighted by Crippen LogP contribution is 2.16. The largest absolute Gasteiger partial charge is 0.394 e. The molecule has 0 aromatic carbocycles. The summed E-state index contributed by atoms with van der Waals surface area (Å²) in [6.45, 7) is 1.48. The molecule has 14 heavy (non-hydrogen) atoms. The molecule has 0 saturated carbocycles. The smallest absolute Gasteiger partial charge is 0.236 e. The van der Waals surface area contributed by atoms with Gasteiger partial charge in [-0.3, -0.25) is 10.1 Å². The summed E-state index contributed by atoms with van der Waals surface area (Å²) in [7, 11) is 0. The van der Waals surface area contributed by atoms with Gasteiger partial charge in [-0.2, -0.15) is 0 Å². The zero-order valence-corrected chi connectivity index (χ0v) is 8.20. The summed E-state index contributed by atoms with van der Waals surface area (Å²) >= 11 is 0. The van der Waals surface area contributed by atoms with Crippen LogP contribution in [0.3, 0.4) is 0 Å². The number of rotatable bonds is 4. The van der Waals surface area contributed by atoms with Crippen molar-refractivity contribution in [3.8, 4) is 12.3 Å². The Morgan fingerprint density at radius 3 is 3.14 bits per heavy atom. The number of nitrogens with one attached hydrogen (secondary N) is 1. The molecule has 78 valence electrons. The van der Waals surface area contributed by atoms with Crippen LogP contribution < -0.4 is 5.32 Å². The van der Waals surface area contributed by atoms with Crippen molar-refractivity contribution in [2.45, 2.75) is 18.9 Å². The first-order valence-corrected chi connectivity index (χ1v) is 4.84. The van der Waals surface area contributed by atoms with Gasteiger partial charge in [-0.25, -0.2) is 0 Å². The van der Waals surface area contributed by atoms with E-state index in [2.05, 4.69) is 11.2 Å². The number of nitrogens with zero attached hydrogens (tertiary/aromatic N) is 1. The predicted octanol–water partition coefficient (Wildman–Crippen LogP) is -0.807. The van der Waals surface area contributed by atoms with Crippen LogP contribution in [0.2, 0.25) is 0 Å². The first-order chi connectivity index (χ1) is 6.79. The van der Waals surface area contributed by atoms with Crippen molar-refractivity contribution < 1.29 is 9.90 Å². The lowest BCUT2D eigenvalue weighted by Gasteiger charge is -2.22. The fourth-order valence-corrected chi connectivity index (χ4v) is 1.70. The number of carbonyl (C=O) groups excluding carboxylic acids is 1. The minimum Gasteiger partial charge on any atom is -0.394 e. The van der Waals surface area contributed by atoms with E-state index in [1.54, 1.807) is 4.90 Å². The summed E-state index contributed by atoms with van der Waals surface area (Å²) in [6.07, 6.45) is 6.92. The van der Waals surface area contributed by atoms with Gasteiger partial charge in [0.25, 0.3) is 0 Å². The van der Waals surface area contributed by atoms with E-state index in [-0.39, 0.29) is 25.1 Å². The fourth-order valence-electron chi connectivity index (χ4n) is 1.70. The van der Waals surface area contributed by atoms with E-state index in [0.717, 1.165) is 19.4 Å². The second kappa shape index (κ2) is 5.63. The summed E-state index contributed by atoms with van der Waals surface area (Å²) in [5.74, 6) is 2.43. The highest BCUT2D eigenvalue weighted by molar-refractivity contribution is 5.78. The molecule has 4 nitrogen and oxygen atoms in total. The lowest BCUT2D eigenvalue weighted by atomic mass is 10.2. The number of hydrogen-bond donors (Lipinski definition) is 2. The van der Waals surface area contributed by atoms with Crippen LogP contribution in [-0.2, 0) is 4.79 Å². The van der Waals surface area contributed by atoms with Crippen molar-refractivity contribution in [1.82, 2.24) is 10.2 Å². The zero-order chi connectivity index (χ0) is 10.4. The zero-order valence-electron chi connectivity index (χ0n) is 8.20. The molecule has 1 saturated heterocycles. The minimum absolute atomic E-state index is 0.00938. The topological polar surface area (TPSA) is 52.6 Å². The third-order valence-electron chi connectivity index (χ3n) is 2.41. The highest BCUT2D eigenvalue weighted by atomic mass is 16.3. The molecular weight excluding hydrogens is 180 g/mol. The summed E-state index contributed by atoms with van der Waals surface area (Å²) < 4.78 is 0. The van der Waals surface area contributed by atoms with Gasteiger partial charge in [-0.15, -0.1) is 6.42 Å². The van der Waals surface area contributed by atoms with E-state index in [0.29, 0.717) is 6.54 Å². The number of hydrogen-bond acceptors (Lipinski definition) is 3. The van der Waals surface area contributed by atoms with Gasteiger partial charge < -0.3 is 10.0 Å². The molecule has 1 heterocycles. The number of amides is 1. The summed E-state index contributed by atoms with van der Waals surface area (Å²) in [4.78, 5) is 13.3. The molecule has 0 radical (unpaired) electrons. The van der Waals surface area contributed by atoms with Gasteiger partial charge in [0.2, 0.25) is 5.91 Å². The standard InChI is InChI=1S/C10H16N2O2/c1-2-5-11-7-10(14)12-6-3-4-9(12)8-13/h1,9,11,13H,3-8H2. The van der Waals surface area contributed by atoms with Gasteiger partial charge in [0.1, 0.15) is 0 Å². The van der Waals surface area contributed by atoms with Crippen molar-refractivity contribution in [3.05, 3.63) is 0 Å². The first-order valence-electron chi connectivity index (χ1n) is 4.84. The van der Waals surface area contributed by atoms with Crippen molar-refractivity contribution in [1.29, 1.82) is 0 Å². The molecule has 1 aliphatic rings.